The van der Waals surface area contributed by atoms with Crippen molar-refractivity contribution in [3.63, 3.8) is 0 Å². The van der Waals surface area contributed by atoms with Gasteiger partial charge in [-0.25, -0.2) is 0 Å². The smallest absolute Gasteiger partial charge is 0.115 e. The molecule has 16 heavy (non-hydrogen) atoms. The molecule has 2 N–H and O–H groups in total. The maximum absolute atomic E-state index is 9.29. The van der Waals surface area contributed by atoms with Crippen LogP contribution in [0.5, 0.6) is 5.75 Å². The summed E-state index contributed by atoms with van der Waals surface area (Å²) < 4.78 is 1.15. The molecule has 84 valence electrons. The topological polar surface area (TPSA) is 32.3 Å². The van der Waals surface area contributed by atoms with Crippen LogP contribution in [0, 0.1) is 6.92 Å². The highest BCUT2D eigenvalue weighted by molar-refractivity contribution is 9.11. The normalized spacial score (nSPS) is 10.4. The summed E-state index contributed by atoms with van der Waals surface area (Å²) in [5, 5.41) is 14.8. The molecule has 1 heterocycles. The second-order valence-electron chi connectivity index (χ2n) is 3.61. The van der Waals surface area contributed by atoms with Gasteiger partial charge in [0.1, 0.15) is 5.75 Å². The fraction of sp³-hybridized carbons (Fsp3) is 0.167. The maximum atomic E-state index is 9.29. The Labute approximate surface area is 107 Å². The molecule has 0 spiro atoms. The minimum Gasteiger partial charge on any atom is -0.508 e. The number of nitrogens with one attached hydrogen (secondary N) is 1. The highest BCUT2D eigenvalue weighted by Gasteiger charge is 2.00. The van der Waals surface area contributed by atoms with Crippen LogP contribution >= 0.6 is 27.3 Å². The van der Waals surface area contributed by atoms with E-state index in [2.05, 4.69) is 32.7 Å². The lowest BCUT2D eigenvalue weighted by atomic mass is 10.2. The lowest BCUT2D eigenvalue weighted by Gasteiger charge is -2.08. The van der Waals surface area contributed by atoms with Crippen molar-refractivity contribution in [3.05, 3.63) is 44.6 Å². The molecule has 0 aliphatic heterocycles. The Morgan fingerprint density at radius 3 is 2.81 bits per heavy atom. The van der Waals surface area contributed by atoms with Crippen molar-refractivity contribution in [3.8, 4) is 5.75 Å². The summed E-state index contributed by atoms with van der Waals surface area (Å²) >= 11 is 5.12. The average Bonchev–Trinajstić information content (AvgIpc) is 2.63. The zero-order valence-corrected chi connectivity index (χ0v) is 11.2. The third-order valence-electron chi connectivity index (χ3n) is 2.31. The number of anilines is 1. The summed E-state index contributed by atoms with van der Waals surface area (Å²) in [6, 6.07) is 7.45. The summed E-state index contributed by atoms with van der Waals surface area (Å²) in [5.41, 5.74) is 3.36. The van der Waals surface area contributed by atoms with Crippen molar-refractivity contribution in [2.45, 2.75) is 13.5 Å². The van der Waals surface area contributed by atoms with Crippen molar-refractivity contribution < 1.29 is 5.11 Å². The van der Waals surface area contributed by atoms with Crippen molar-refractivity contribution in [2.75, 3.05) is 5.32 Å². The zero-order valence-electron chi connectivity index (χ0n) is 8.83. The van der Waals surface area contributed by atoms with Crippen LogP contribution in [0.15, 0.2) is 33.4 Å². The number of benzene rings is 1. The number of thiophene rings is 1. The van der Waals surface area contributed by atoms with Gasteiger partial charge >= 0.3 is 0 Å². The maximum Gasteiger partial charge on any atom is 0.115 e. The van der Waals surface area contributed by atoms with Gasteiger partial charge in [-0.1, -0.05) is 0 Å². The summed E-state index contributed by atoms with van der Waals surface area (Å²) in [4.78, 5) is 0. The molecule has 1 aromatic heterocycles. The highest BCUT2D eigenvalue weighted by Crippen LogP contribution is 2.23. The van der Waals surface area contributed by atoms with Crippen molar-refractivity contribution in [2.24, 2.45) is 0 Å². The molecule has 2 aromatic rings. The Balaban J connectivity index is 2.04. The van der Waals surface area contributed by atoms with Crippen LogP contribution in [0.1, 0.15) is 11.1 Å². The average molecular weight is 298 g/mol. The minimum atomic E-state index is 0.307. The number of halogens is 1. The Hall–Kier alpha value is -1.00. The second kappa shape index (κ2) is 4.89. The summed E-state index contributed by atoms with van der Waals surface area (Å²) in [6.45, 7) is 2.78. The number of phenols is 1. The minimum absolute atomic E-state index is 0.307. The summed E-state index contributed by atoms with van der Waals surface area (Å²) in [5.74, 6) is 0.307. The predicted molar refractivity (Wildman–Crippen MR) is 72.2 cm³/mol. The molecule has 0 radical (unpaired) electrons. The van der Waals surface area contributed by atoms with E-state index in [-0.39, 0.29) is 0 Å². The van der Waals surface area contributed by atoms with E-state index in [9.17, 15) is 5.11 Å². The Bertz CT molecular complexity index is 496. The molecule has 0 fully saturated rings. The monoisotopic (exact) mass is 297 g/mol. The predicted octanol–water partition coefficient (Wildman–Crippen LogP) is 4.14. The van der Waals surface area contributed by atoms with Crippen molar-refractivity contribution in [1.29, 1.82) is 0 Å². The van der Waals surface area contributed by atoms with Crippen LogP contribution in [0.3, 0.4) is 0 Å². The Morgan fingerprint density at radius 2 is 2.19 bits per heavy atom. The molecular formula is C12H12BrNOS. The van der Waals surface area contributed by atoms with Gasteiger partial charge in [0.15, 0.2) is 0 Å². The lowest BCUT2D eigenvalue weighted by Crippen LogP contribution is -1.99. The number of hydrogen-bond donors (Lipinski definition) is 2. The number of hydrogen-bond acceptors (Lipinski definition) is 3. The van der Waals surface area contributed by atoms with E-state index < -0.39 is 0 Å². The molecule has 2 nitrogen and oxygen atoms in total. The van der Waals surface area contributed by atoms with Gasteiger partial charge in [0, 0.05) is 12.2 Å². The molecule has 0 amide bonds. The van der Waals surface area contributed by atoms with Gasteiger partial charge in [0.05, 0.1) is 3.79 Å². The third kappa shape index (κ3) is 2.77. The molecule has 0 aliphatic carbocycles. The third-order valence-corrected chi connectivity index (χ3v) is 3.87. The first-order chi connectivity index (χ1) is 7.65. The molecule has 2 rings (SSSR count). The quantitative estimate of drug-likeness (QED) is 0.835. The lowest BCUT2D eigenvalue weighted by molar-refractivity contribution is 0.475. The first kappa shape index (κ1) is 11.5. The van der Waals surface area contributed by atoms with Crippen LogP contribution in [-0.4, -0.2) is 5.11 Å². The summed E-state index contributed by atoms with van der Waals surface area (Å²) in [6.07, 6.45) is 0. The Morgan fingerprint density at radius 1 is 1.38 bits per heavy atom. The molecule has 0 atom stereocenters. The highest BCUT2D eigenvalue weighted by atomic mass is 79.9. The zero-order chi connectivity index (χ0) is 11.5. The fourth-order valence-electron chi connectivity index (χ4n) is 1.48. The molecule has 0 saturated carbocycles. The standard InChI is InChI=1S/C12H12BrNOS/c1-8-4-10(15)2-3-11(8)14-6-9-5-12(13)16-7-9/h2-5,7,14-15H,6H2,1H3. The second-order valence-corrected chi connectivity index (χ2v) is 5.90. The van der Waals surface area contributed by atoms with Crippen LogP contribution in [0.4, 0.5) is 5.69 Å². The van der Waals surface area contributed by atoms with Gasteiger partial charge in [-0.3, -0.25) is 0 Å². The molecule has 0 aliphatic rings. The van der Waals surface area contributed by atoms with Crippen molar-refractivity contribution in [1.82, 2.24) is 0 Å². The Kier molecular flexibility index (Phi) is 3.51. The summed E-state index contributed by atoms with van der Waals surface area (Å²) in [7, 11) is 0. The van der Waals surface area contributed by atoms with E-state index in [0.29, 0.717) is 5.75 Å². The van der Waals surface area contributed by atoms with Gasteiger partial charge in [-0.05, 0) is 63.6 Å². The largest absolute Gasteiger partial charge is 0.508 e. The van der Waals surface area contributed by atoms with Crippen LogP contribution in [0.2, 0.25) is 0 Å². The van der Waals surface area contributed by atoms with E-state index in [1.807, 2.05) is 13.0 Å². The SMILES string of the molecule is Cc1cc(O)ccc1NCc1csc(Br)c1. The van der Waals surface area contributed by atoms with Crippen LogP contribution in [-0.2, 0) is 6.54 Å². The van der Waals surface area contributed by atoms with E-state index >= 15 is 0 Å². The molecule has 0 saturated heterocycles. The molecule has 1 aromatic carbocycles. The molecule has 0 unspecified atom stereocenters. The number of aromatic hydroxyl groups is 1. The number of rotatable bonds is 3. The number of phenolic OH excluding ortho intramolecular Hbond substituents is 1. The van der Waals surface area contributed by atoms with Crippen LogP contribution < -0.4 is 5.32 Å². The van der Waals surface area contributed by atoms with Gasteiger partial charge in [-0.2, -0.15) is 0 Å². The van der Waals surface area contributed by atoms with E-state index in [1.54, 1.807) is 23.5 Å². The van der Waals surface area contributed by atoms with Gasteiger partial charge in [0.25, 0.3) is 0 Å². The van der Waals surface area contributed by atoms with Gasteiger partial charge in [-0.15, -0.1) is 11.3 Å². The fourth-order valence-corrected chi connectivity index (χ4v) is 2.69. The number of aryl methyl sites for hydroxylation is 1. The van der Waals surface area contributed by atoms with Gasteiger partial charge in [0.2, 0.25) is 0 Å². The van der Waals surface area contributed by atoms with Crippen molar-refractivity contribution >= 4 is 33.0 Å². The molecule has 4 heteroatoms. The first-order valence-corrected chi connectivity index (χ1v) is 6.59. The van der Waals surface area contributed by atoms with E-state index in [0.717, 1.165) is 21.6 Å². The molecule has 0 bridgehead atoms. The molecular weight excluding hydrogens is 286 g/mol. The first-order valence-electron chi connectivity index (χ1n) is 4.91. The van der Waals surface area contributed by atoms with Crippen LogP contribution in [0.25, 0.3) is 0 Å². The van der Waals surface area contributed by atoms with E-state index in [1.165, 1.54) is 5.56 Å². The van der Waals surface area contributed by atoms with E-state index in [4.69, 9.17) is 0 Å². The van der Waals surface area contributed by atoms with Gasteiger partial charge < -0.3 is 10.4 Å².